The number of phenolic OH excluding ortho intramolecular Hbond substituents is 2. The molecule has 0 heterocycles. The van der Waals surface area contributed by atoms with Gasteiger partial charge in [-0.2, -0.15) is 0 Å². The van der Waals surface area contributed by atoms with E-state index in [0.29, 0.717) is 5.56 Å². The molecule has 0 saturated carbocycles. The summed E-state index contributed by atoms with van der Waals surface area (Å²) in [6.07, 6.45) is 0. The molecule has 13 heavy (non-hydrogen) atoms. The summed E-state index contributed by atoms with van der Waals surface area (Å²) in [7, 11) is 0. The van der Waals surface area contributed by atoms with E-state index in [1.165, 1.54) is 12.1 Å². The van der Waals surface area contributed by atoms with Crippen LogP contribution in [-0.4, -0.2) is 10.2 Å². The lowest BCUT2D eigenvalue weighted by molar-refractivity contribution is 0.371. The fourth-order valence-corrected chi connectivity index (χ4v) is 1.13. The number of hydrogen-bond donors (Lipinski definition) is 2. The van der Waals surface area contributed by atoms with Gasteiger partial charge >= 0.3 is 0 Å². The average Bonchev–Trinajstić information content (AvgIpc) is 1.98. The number of hydrogen-bond acceptors (Lipinski definition) is 2. The third-order valence-electron chi connectivity index (χ3n) is 1.90. The molecule has 2 nitrogen and oxygen atoms in total. The topological polar surface area (TPSA) is 40.5 Å². The molecule has 0 atom stereocenters. The van der Waals surface area contributed by atoms with Crippen molar-refractivity contribution in [1.82, 2.24) is 0 Å². The van der Waals surface area contributed by atoms with Crippen LogP contribution in [0.5, 0.6) is 11.5 Å². The van der Waals surface area contributed by atoms with E-state index in [1.807, 2.05) is 20.8 Å². The zero-order valence-corrected chi connectivity index (χ0v) is 7.93. The van der Waals surface area contributed by atoms with E-state index in [4.69, 9.17) is 10.2 Å². The third kappa shape index (κ3) is 1.74. The number of aromatic hydroxyl groups is 2. The number of rotatable bonds is 0. The van der Waals surface area contributed by atoms with Crippen LogP contribution in [0.15, 0.2) is 12.1 Å². The molecule has 0 saturated heterocycles. The van der Waals surface area contributed by atoms with Crippen molar-refractivity contribution >= 4 is 0 Å². The minimum atomic E-state index is -0.743. The Morgan fingerprint density at radius 2 is 1.69 bits per heavy atom. The van der Waals surface area contributed by atoms with Gasteiger partial charge in [0.2, 0.25) is 0 Å². The Morgan fingerprint density at radius 3 is 2.15 bits per heavy atom. The molecule has 0 unspecified atom stereocenters. The zero-order chi connectivity index (χ0) is 10.2. The van der Waals surface area contributed by atoms with E-state index >= 15 is 0 Å². The fraction of sp³-hybridized carbons (Fsp3) is 0.400. The second-order valence-corrected chi connectivity index (χ2v) is 4.04. The van der Waals surface area contributed by atoms with E-state index in [-0.39, 0.29) is 5.41 Å². The number of halogens is 1. The molecule has 1 rings (SSSR count). The second-order valence-electron chi connectivity index (χ2n) is 4.04. The summed E-state index contributed by atoms with van der Waals surface area (Å²) in [5.41, 5.74) is 0.0118. The first-order valence-electron chi connectivity index (χ1n) is 4.05. The molecule has 1 aromatic rings. The molecule has 72 valence electrons. The summed E-state index contributed by atoms with van der Waals surface area (Å²) in [6.45, 7) is 5.51. The van der Waals surface area contributed by atoms with Crippen LogP contribution >= 0.6 is 0 Å². The second kappa shape index (κ2) is 2.91. The highest BCUT2D eigenvalue weighted by Gasteiger charge is 2.21. The maximum Gasteiger partial charge on any atom is 0.194 e. The van der Waals surface area contributed by atoms with Crippen molar-refractivity contribution in [2.24, 2.45) is 0 Å². The molecule has 0 fully saturated rings. The highest BCUT2D eigenvalue weighted by Crippen LogP contribution is 2.35. The van der Waals surface area contributed by atoms with Crippen molar-refractivity contribution in [2.45, 2.75) is 26.2 Å². The lowest BCUT2D eigenvalue weighted by Gasteiger charge is -2.20. The molecule has 0 aliphatic carbocycles. The first-order chi connectivity index (χ1) is 5.84. The lowest BCUT2D eigenvalue weighted by Crippen LogP contribution is -2.13. The Hall–Kier alpha value is -1.25. The summed E-state index contributed by atoms with van der Waals surface area (Å²) < 4.78 is 13.3. The molecule has 3 heteroatoms. The van der Waals surface area contributed by atoms with Gasteiger partial charge in [0, 0.05) is 0 Å². The Balaban J connectivity index is 3.35. The lowest BCUT2D eigenvalue weighted by atomic mass is 9.86. The smallest absolute Gasteiger partial charge is 0.194 e. The Bertz CT molecular complexity index is 326. The monoisotopic (exact) mass is 184 g/mol. The third-order valence-corrected chi connectivity index (χ3v) is 1.90. The minimum absolute atomic E-state index is 0.380. The summed E-state index contributed by atoms with van der Waals surface area (Å²) in [5, 5.41) is 18.1. The molecule has 0 spiro atoms. The highest BCUT2D eigenvalue weighted by molar-refractivity contribution is 5.44. The van der Waals surface area contributed by atoms with Crippen molar-refractivity contribution in [2.75, 3.05) is 0 Å². The summed E-state index contributed by atoms with van der Waals surface area (Å²) in [6, 6.07) is 2.77. The molecule has 0 aromatic heterocycles. The van der Waals surface area contributed by atoms with Crippen molar-refractivity contribution in [3.63, 3.8) is 0 Å². The Morgan fingerprint density at radius 1 is 1.15 bits per heavy atom. The molecular weight excluding hydrogens is 171 g/mol. The van der Waals surface area contributed by atoms with Crippen LogP contribution in [0.25, 0.3) is 0 Å². The van der Waals surface area contributed by atoms with E-state index in [9.17, 15) is 4.39 Å². The van der Waals surface area contributed by atoms with Crippen LogP contribution < -0.4 is 0 Å². The number of benzene rings is 1. The predicted octanol–water partition coefficient (Wildman–Crippen LogP) is 2.53. The molecule has 0 bridgehead atoms. The molecule has 0 aliphatic heterocycles. The van der Waals surface area contributed by atoms with Crippen LogP contribution in [0.3, 0.4) is 0 Å². The van der Waals surface area contributed by atoms with Crippen LogP contribution in [0.4, 0.5) is 4.39 Å². The van der Waals surface area contributed by atoms with Gasteiger partial charge in [-0.25, -0.2) is 4.39 Å². The Kier molecular flexibility index (Phi) is 2.20. The quantitative estimate of drug-likeness (QED) is 0.608. The molecule has 2 N–H and O–H groups in total. The molecule has 1 aromatic carbocycles. The maximum atomic E-state index is 13.3. The average molecular weight is 184 g/mol. The number of phenols is 2. The Labute approximate surface area is 76.6 Å². The van der Waals surface area contributed by atoms with Gasteiger partial charge in [0.1, 0.15) is 0 Å². The van der Waals surface area contributed by atoms with Gasteiger partial charge < -0.3 is 10.2 Å². The van der Waals surface area contributed by atoms with Crippen LogP contribution in [0.1, 0.15) is 26.3 Å². The highest BCUT2D eigenvalue weighted by atomic mass is 19.1. The van der Waals surface area contributed by atoms with Crippen LogP contribution in [0.2, 0.25) is 0 Å². The normalized spacial score (nSPS) is 11.7. The van der Waals surface area contributed by atoms with E-state index < -0.39 is 17.3 Å². The van der Waals surface area contributed by atoms with Gasteiger partial charge in [0.15, 0.2) is 17.3 Å². The zero-order valence-electron chi connectivity index (χ0n) is 7.93. The minimum Gasteiger partial charge on any atom is -0.504 e. The molecule has 0 amide bonds. The van der Waals surface area contributed by atoms with Gasteiger partial charge in [-0.05, 0) is 17.0 Å². The summed E-state index contributed by atoms with van der Waals surface area (Å²) in [4.78, 5) is 0. The van der Waals surface area contributed by atoms with Crippen LogP contribution in [-0.2, 0) is 5.41 Å². The molecule has 0 aliphatic rings. The van der Waals surface area contributed by atoms with Gasteiger partial charge in [0.25, 0.3) is 0 Å². The summed E-state index contributed by atoms with van der Waals surface area (Å²) in [5.74, 6) is -1.84. The first kappa shape index (κ1) is 9.84. The van der Waals surface area contributed by atoms with Crippen molar-refractivity contribution in [3.8, 4) is 11.5 Å². The largest absolute Gasteiger partial charge is 0.504 e. The van der Waals surface area contributed by atoms with Crippen molar-refractivity contribution in [3.05, 3.63) is 23.5 Å². The first-order valence-corrected chi connectivity index (χ1v) is 4.05. The molecular formula is C10H13FO2. The van der Waals surface area contributed by atoms with E-state index in [0.717, 1.165) is 0 Å². The SMILES string of the molecule is CC(C)(C)c1ccc(O)c(O)c1F. The van der Waals surface area contributed by atoms with Gasteiger partial charge in [0.05, 0.1) is 0 Å². The van der Waals surface area contributed by atoms with E-state index in [2.05, 4.69) is 0 Å². The maximum absolute atomic E-state index is 13.3. The van der Waals surface area contributed by atoms with Gasteiger partial charge in [-0.15, -0.1) is 0 Å². The van der Waals surface area contributed by atoms with Gasteiger partial charge in [-0.3, -0.25) is 0 Å². The summed E-state index contributed by atoms with van der Waals surface area (Å²) >= 11 is 0. The fourth-order valence-electron chi connectivity index (χ4n) is 1.13. The van der Waals surface area contributed by atoms with Crippen LogP contribution in [0, 0.1) is 5.82 Å². The van der Waals surface area contributed by atoms with Crippen molar-refractivity contribution < 1.29 is 14.6 Å². The van der Waals surface area contributed by atoms with E-state index in [1.54, 1.807) is 0 Å². The van der Waals surface area contributed by atoms with Gasteiger partial charge in [-0.1, -0.05) is 26.8 Å². The molecule has 0 radical (unpaired) electrons. The van der Waals surface area contributed by atoms with Crippen molar-refractivity contribution in [1.29, 1.82) is 0 Å². The standard InChI is InChI=1S/C10H13FO2/c1-10(2,3)6-4-5-7(12)9(13)8(6)11/h4-5,12-13H,1-3H3. The predicted molar refractivity (Wildman–Crippen MR) is 48.4 cm³/mol.